The lowest BCUT2D eigenvalue weighted by atomic mass is 10.1. The van der Waals surface area contributed by atoms with Crippen molar-refractivity contribution in [3.05, 3.63) is 111 Å². The number of hydrogen-bond donors (Lipinski definition) is 5. The molecule has 4 aromatic carbocycles. The molecule has 2 amide bonds. The number of benzene rings is 4. The minimum Gasteiger partial charge on any atom is -0.396 e. The molecule has 12 heteroatoms. The molecular weight excluding hydrogens is 1000 g/mol. The molecule has 0 aliphatic carbocycles. The number of aliphatic hydroxyl groups excluding tert-OH is 1. The maximum absolute atomic E-state index is 12.8. The molecule has 1 fully saturated rings. The van der Waals surface area contributed by atoms with Crippen molar-refractivity contribution in [1.82, 2.24) is 15.5 Å². The Bertz CT molecular complexity index is 1790. The SMILES string of the molecule is Cc1cc(I)ccc1Nc1ccc(Br)cc1C(=O)NCCCN1CCCCC1.Cc1cc(I)ccc1Nc1ccc(Br)cc1C(=O)NCCCO. The van der Waals surface area contributed by atoms with Crippen LogP contribution in [0.4, 0.5) is 22.7 Å². The van der Waals surface area contributed by atoms with Gasteiger partial charge in [0.05, 0.1) is 22.5 Å². The average Bonchev–Trinajstić information content (AvgIpc) is 3.11. The van der Waals surface area contributed by atoms with Crippen molar-refractivity contribution in [3.63, 3.8) is 0 Å². The fourth-order valence-electron chi connectivity index (χ4n) is 5.61. The molecule has 1 aliphatic heterocycles. The third-order valence-electron chi connectivity index (χ3n) is 8.37. The van der Waals surface area contributed by atoms with Crippen LogP contribution in [0.1, 0.15) is 63.9 Å². The summed E-state index contributed by atoms with van der Waals surface area (Å²) < 4.78 is 4.11. The van der Waals surface area contributed by atoms with E-state index in [0.717, 1.165) is 55.8 Å². The van der Waals surface area contributed by atoms with Crippen molar-refractivity contribution in [2.24, 2.45) is 0 Å². The van der Waals surface area contributed by atoms with Crippen LogP contribution >= 0.6 is 77.0 Å². The minimum atomic E-state index is -0.162. The molecule has 51 heavy (non-hydrogen) atoms. The number of hydrogen-bond acceptors (Lipinski definition) is 6. The highest BCUT2D eigenvalue weighted by Crippen LogP contribution is 2.29. The van der Waals surface area contributed by atoms with E-state index in [1.807, 2.05) is 49.4 Å². The number of nitrogens with one attached hydrogen (secondary N) is 4. The smallest absolute Gasteiger partial charge is 0.253 e. The molecule has 0 bridgehead atoms. The summed E-state index contributed by atoms with van der Waals surface area (Å²) in [7, 11) is 0. The van der Waals surface area contributed by atoms with Gasteiger partial charge in [-0.2, -0.15) is 0 Å². The third-order valence-corrected chi connectivity index (χ3v) is 10.7. The predicted octanol–water partition coefficient (Wildman–Crippen LogP) is 9.93. The molecule has 4 aromatic rings. The van der Waals surface area contributed by atoms with Crippen LogP contribution in [-0.4, -0.2) is 61.2 Å². The van der Waals surface area contributed by atoms with Gasteiger partial charge >= 0.3 is 0 Å². The third kappa shape index (κ3) is 13.6. The van der Waals surface area contributed by atoms with Crippen molar-refractivity contribution in [2.75, 3.05) is 50.0 Å². The van der Waals surface area contributed by atoms with E-state index in [2.05, 4.69) is 134 Å². The van der Waals surface area contributed by atoms with Gasteiger partial charge in [0, 0.05) is 47.2 Å². The van der Waals surface area contributed by atoms with Crippen molar-refractivity contribution < 1.29 is 14.7 Å². The Hall–Kier alpha value is -2.24. The first-order valence-electron chi connectivity index (χ1n) is 17.1. The maximum Gasteiger partial charge on any atom is 0.253 e. The molecule has 272 valence electrons. The summed E-state index contributed by atoms with van der Waals surface area (Å²) >= 11 is 11.5. The van der Waals surface area contributed by atoms with E-state index in [1.54, 1.807) is 6.07 Å². The van der Waals surface area contributed by atoms with Crippen LogP contribution in [0.25, 0.3) is 0 Å². The van der Waals surface area contributed by atoms with Crippen LogP contribution in [0.3, 0.4) is 0 Å². The molecule has 0 saturated carbocycles. The van der Waals surface area contributed by atoms with Crippen LogP contribution in [0, 0.1) is 21.0 Å². The van der Waals surface area contributed by atoms with E-state index >= 15 is 0 Å². The first kappa shape index (κ1) is 41.5. The van der Waals surface area contributed by atoms with Gasteiger partial charge < -0.3 is 31.3 Å². The summed E-state index contributed by atoms with van der Waals surface area (Å²) in [6.45, 7) is 8.77. The van der Waals surface area contributed by atoms with E-state index in [9.17, 15) is 9.59 Å². The molecule has 0 spiro atoms. The normalized spacial score (nSPS) is 12.8. The number of aryl methyl sites for hydroxylation is 2. The zero-order chi connectivity index (χ0) is 36.8. The number of likely N-dealkylation sites (tertiary alicyclic amines) is 1. The zero-order valence-electron chi connectivity index (χ0n) is 28.9. The number of nitrogens with zero attached hydrogens (tertiary/aromatic N) is 1. The molecule has 0 radical (unpaired) electrons. The summed E-state index contributed by atoms with van der Waals surface area (Å²) in [6, 6.07) is 23.7. The second-order valence-corrected chi connectivity index (χ2v) is 16.7. The molecule has 1 heterocycles. The average molecular weight is 1050 g/mol. The lowest BCUT2D eigenvalue weighted by Crippen LogP contribution is -2.33. The Balaban J connectivity index is 0.000000233. The molecule has 1 aliphatic rings. The first-order valence-corrected chi connectivity index (χ1v) is 20.8. The van der Waals surface area contributed by atoms with Crippen molar-refractivity contribution in [1.29, 1.82) is 0 Å². The quantitative estimate of drug-likeness (QED) is 0.0675. The minimum absolute atomic E-state index is 0.0365. The van der Waals surface area contributed by atoms with Crippen LogP contribution in [0.2, 0.25) is 0 Å². The van der Waals surface area contributed by atoms with Gasteiger partial charge in [0.25, 0.3) is 11.8 Å². The lowest BCUT2D eigenvalue weighted by molar-refractivity contribution is 0.0943. The van der Waals surface area contributed by atoms with E-state index in [0.29, 0.717) is 30.6 Å². The second-order valence-electron chi connectivity index (χ2n) is 12.4. The van der Waals surface area contributed by atoms with Gasteiger partial charge in [0.2, 0.25) is 0 Å². The van der Waals surface area contributed by atoms with Crippen molar-refractivity contribution in [3.8, 4) is 0 Å². The molecule has 0 unspecified atom stereocenters. The Morgan fingerprint density at radius 1 is 0.667 bits per heavy atom. The highest BCUT2D eigenvalue weighted by Gasteiger charge is 2.15. The number of aliphatic hydroxyl groups is 1. The van der Waals surface area contributed by atoms with Crippen LogP contribution < -0.4 is 21.3 Å². The number of amides is 2. The Morgan fingerprint density at radius 2 is 1.12 bits per heavy atom. The molecule has 0 aromatic heterocycles. The molecule has 0 atom stereocenters. The highest BCUT2D eigenvalue weighted by molar-refractivity contribution is 14.1. The summed E-state index contributed by atoms with van der Waals surface area (Å²) in [6.07, 6.45) is 5.48. The summed E-state index contributed by atoms with van der Waals surface area (Å²) in [5.41, 5.74) is 7.05. The molecular formula is C39H45Br2I2N5O3. The topological polar surface area (TPSA) is 106 Å². The van der Waals surface area contributed by atoms with E-state index < -0.39 is 0 Å². The van der Waals surface area contributed by atoms with E-state index in [1.165, 1.54) is 39.5 Å². The number of carbonyl (C=O) groups is 2. The van der Waals surface area contributed by atoms with Gasteiger partial charge in [-0.3, -0.25) is 9.59 Å². The highest BCUT2D eigenvalue weighted by atomic mass is 127. The molecule has 8 nitrogen and oxygen atoms in total. The Labute approximate surface area is 345 Å². The predicted molar refractivity (Wildman–Crippen MR) is 234 cm³/mol. The Morgan fingerprint density at radius 3 is 1.57 bits per heavy atom. The fraction of sp³-hybridized carbons (Fsp3) is 0.333. The van der Waals surface area contributed by atoms with Crippen LogP contribution in [-0.2, 0) is 0 Å². The van der Waals surface area contributed by atoms with Crippen molar-refractivity contribution in [2.45, 2.75) is 46.0 Å². The first-order chi connectivity index (χ1) is 24.5. The van der Waals surface area contributed by atoms with Gasteiger partial charge in [-0.15, -0.1) is 0 Å². The zero-order valence-corrected chi connectivity index (χ0v) is 36.4. The number of carbonyl (C=O) groups excluding carboxylic acids is 2. The van der Waals surface area contributed by atoms with Gasteiger partial charge in [-0.25, -0.2) is 0 Å². The van der Waals surface area contributed by atoms with E-state index in [4.69, 9.17) is 5.11 Å². The Kier molecular flexibility index (Phi) is 17.5. The van der Waals surface area contributed by atoms with E-state index in [-0.39, 0.29) is 18.4 Å². The van der Waals surface area contributed by atoms with Gasteiger partial charge in [-0.05, 0) is 188 Å². The van der Waals surface area contributed by atoms with Crippen LogP contribution in [0.15, 0.2) is 81.7 Å². The summed E-state index contributed by atoms with van der Waals surface area (Å²) in [5.74, 6) is -0.198. The summed E-state index contributed by atoms with van der Waals surface area (Å²) in [5, 5.41) is 21.5. The number of anilines is 4. The van der Waals surface area contributed by atoms with Gasteiger partial charge in [0.15, 0.2) is 0 Å². The number of rotatable bonds is 13. The van der Waals surface area contributed by atoms with Gasteiger partial charge in [0.1, 0.15) is 0 Å². The monoisotopic (exact) mass is 1040 g/mol. The fourth-order valence-corrected chi connectivity index (χ4v) is 7.63. The lowest BCUT2D eigenvalue weighted by Gasteiger charge is -2.26. The van der Waals surface area contributed by atoms with Gasteiger partial charge in [-0.1, -0.05) is 38.3 Å². The molecule has 1 saturated heterocycles. The largest absolute Gasteiger partial charge is 0.396 e. The second kappa shape index (κ2) is 21.5. The number of halogens is 4. The van der Waals surface area contributed by atoms with Crippen LogP contribution in [0.5, 0.6) is 0 Å². The molecule has 5 N–H and O–H groups in total. The van der Waals surface area contributed by atoms with Crippen molar-refractivity contribution >= 4 is 112 Å². The standard InChI is InChI=1S/C22H27BrIN3O.C17H18BrIN2O2/c1-16-14-18(24)7-9-20(16)26-21-8-6-17(23)15-19(21)22(28)25-10-5-13-27-11-3-2-4-12-27;1-11-9-13(19)4-6-15(11)21-16-5-3-12(18)10-14(16)17(23)20-7-2-8-22/h6-9,14-15,26H,2-5,10-13H2,1H3,(H,25,28);3-6,9-10,21-22H,2,7-8H2,1H3,(H,20,23). The maximum atomic E-state index is 12.8. The number of piperidine rings is 1. The molecule has 5 rings (SSSR count). The summed E-state index contributed by atoms with van der Waals surface area (Å²) in [4.78, 5) is 27.7.